The molecule has 18 heavy (non-hydrogen) atoms. The lowest BCUT2D eigenvalue weighted by molar-refractivity contribution is -0.128. The number of carbonyl (C=O) groups is 4. The maximum Gasteiger partial charge on any atom is 0.266 e. The highest BCUT2D eigenvalue weighted by molar-refractivity contribution is 6.26. The van der Waals surface area contributed by atoms with E-state index in [-0.39, 0.29) is 13.1 Å². The second-order valence-electron chi connectivity index (χ2n) is 2.94. The average molecular weight is 259 g/mol. The second kappa shape index (κ2) is 8.50. The highest BCUT2D eigenvalue weighted by Crippen LogP contribution is 1.75. The fourth-order valence-electron chi connectivity index (χ4n) is 0.638. The number of nitrogens with one attached hydrogen (secondary N) is 2. The summed E-state index contributed by atoms with van der Waals surface area (Å²) in [6.07, 6.45) is 0.726. The summed E-state index contributed by atoms with van der Waals surface area (Å²) in [4.78, 5) is 46.8. The van der Waals surface area contributed by atoms with Crippen molar-refractivity contribution in [2.45, 2.75) is 0 Å². The molecule has 0 radical (unpaired) electrons. The zero-order valence-corrected chi connectivity index (χ0v) is 9.34. The Labute approximate surface area is 102 Å². The lowest BCUT2D eigenvalue weighted by Gasteiger charge is -2.00. The van der Waals surface area contributed by atoms with Gasteiger partial charge in [-0.25, -0.2) is 0 Å². The Kier molecular flexibility index (Phi) is 7.25. The van der Waals surface area contributed by atoms with E-state index in [1.54, 1.807) is 0 Å². The summed E-state index contributed by atoms with van der Waals surface area (Å²) in [5, 5.41) is 7.39. The van der Waals surface area contributed by atoms with Gasteiger partial charge in [0.05, 0.1) is 13.1 Å². The van der Waals surface area contributed by atoms with Crippen molar-refractivity contribution in [3.05, 3.63) is 0 Å². The molecule has 0 unspecified atom stereocenters. The fourth-order valence-corrected chi connectivity index (χ4v) is 0.638. The molecular weight excluding hydrogens is 246 g/mol. The predicted octanol–water partition coefficient (Wildman–Crippen LogP) is -3.81. The SMILES string of the molecule is NC(=O)CNC(=O)/C=N/OCC(=O)NCC(N)=O. The molecule has 10 heteroatoms. The Balaban J connectivity index is 3.69. The third-order valence-electron chi connectivity index (χ3n) is 1.34. The van der Waals surface area contributed by atoms with Gasteiger partial charge < -0.3 is 26.9 Å². The molecule has 0 rings (SSSR count). The Morgan fingerprint density at radius 2 is 1.61 bits per heavy atom. The molecule has 0 aromatic carbocycles. The Bertz CT molecular complexity index is 367. The van der Waals surface area contributed by atoms with Gasteiger partial charge in [-0.2, -0.15) is 0 Å². The van der Waals surface area contributed by atoms with E-state index >= 15 is 0 Å². The molecule has 0 bridgehead atoms. The Morgan fingerprint density at radius 3 is 2.17 bits per heavy atom. The largest absolute Gasteiger partial charge is 0.386 e. The zero-order chi connectivity index (χ0) is 14.0. The van der Waals surface area contributed by atoms with Gasteiger partial charge in [0.1, 0.15) is 6.21 Å². The van der Waals surface area contributed by atoms with E-state index in [1.165, 1.54) is 0 Å². The normalized spacial score (nSPS) is 9.78. The first-order chi connectivity index (χ1) is 8.41. The van der Waals surface area contributed by atoms with Crippen molar-refractivity contribution < 1.29 is 24.0 Å². The molecule has 0 spiro atoms. The number of nitrogens with two attached hydrogens (primary N) is 2. The van der Waals surface area contributed by atoms with Crippen molar-refractivity contribution in [3.63, 3.8) is 0 Å². The quantitative estimate of drug-likeness (QED) is 0.258. The van der Waals surface area contributed by atoms with Crippen molar-refractivity contribution in [1.29, 1.82) is 0 Å². The Hall–Kier alpha value is -2.65. The van der Waals surface area contributed by atoms with Gasteiger partial charge in [-0.1, -0.05) is 5.16 Å². The number of nitrogens with zero attached hydrogens (tertiary/aromatic N) is 1. The summed E-state index contributed by atoms with van der Waals surface area (Å²) in [7, 11) is 0. The molecule has 0 aliphatic carbocycles. The summed E-state index contributed by atoms with van der Waals surface area (Å²) in [5.41, 5.74) is 9.55. The van der Waals surface area contributed by atoms with Crippen LogP contribution in [0.4, 0.5) is 0 Å². The maximum atomic E-state index is 10.9. The van der Waals surface area contributed by atoms with Crippen LogP contribution in [0, 0.1) is 0 Å². The zero-order valence-electron chi connectivity index (χ0n) is 9.34. The van der Waals surface area contributed by atoms with Gasteiger partial charge in [0, 0.05) is 0 Å². The van der Waals surface area contributed by atoms with Crippen LogP contribution >= 0.6 is 0 Å². The van der Waals surface area contributed by atoms with Crippen molar-refractivity contribution in [1.82, 2.24) is 10.6 Å². The Morgan fingerprint density at radius 1 is 1.06 bits per heavy atom. The number of primary amides is 2. The van der Waals surface area contributed by atoms with Crippen molar-refractivity contribution in [2.75, 3.05) is 19.7 Å². The van der Waals surface area contributed by atoms with E-state index in [4.69, 9.17) is 11.5 Å². The highest BCUT2D eigenvalue weighted by atomic mass is 16.6. The van der Waals surface area contributed by atoms with Crippen molar-refractivity contribution in [3.8, 4) is 0 Å². The van der Waals surface area contributed by atoms with Crippen molar-refractivity contribution >= 4 is 29.8 Å². The van der Waals surface area contributed by atoms with E-state index in [2.05, 4.69) is 20.6 Å². The molecule has 0 fully saturated rings. The van der Waals surface area contributed by atoms with Crippen LogP contribution in [0.1, 0.15) is 0 Å². The van der Waals surface area contributed by atoms with Crippen LogP contribution < -0.4 is 22.1 Å². The fraction of sp³-hybridized carbons (Fsp3) is 0.375. The first-order valence-electron chi connectivity index (χ1n) is 4.68. The number of oxime groups is 1. The van der Waals surface area contributed by atoms with Gasteiger partial charge in [0.25, 0.3) is 11.8 Å². The minimum absolute atomic E-state index is 0.314. The van der Waals surface area contributed by atoms with E-state index in [0.717, 1.165) is 6.21 Å². The summed E-state index contributed by atoms with van der Waals surface area (Å²) in [5.74, 6) is -2.73. The van der Waals surface area contributed by atoms with Gasteiger partial charge in [-0.3, -0.25) is 19.2 Å². The summed E-state index contributed by atoms with van der Waals surface area (Å²) < 4.78 is 0. The molecule has 10 nitrogen and oxygen atoms in total. The van der Waals surface area contributed by atoms with Gasteiger partial charge >= 0.3 is 0 Å². The predicted molar refractivity (Wildman–Crippen MR) is 58.9 cm³/mol. The van der Waals surface area contributed by atoms with Crippen LogP contribution in [0.5, 0.6) is 0 Å². The van der Waals surface area contributed by atoms with E-state index < -0.39 is 30.2 Å². The molecular formula is C8H13N5O5. The van der Waals surface area contributed by atoms with Crippen LogP contribution in [0.2, 0.25) is 0 Å². The molecule has 6 N–H and O–H groups in total. The lowest BCUT2D eigenvalue weighted by Crippen LogP contribution is -2.35. The number of amides is 4. The number of rotatable bonds is 8. The summed E-state index contributed by atoms with van der Waals surface area (Å²) >= 11 is 0. The van der Waals surface area contributed by atoms with Crippen LogP contribution in [0.15, 0.2) is 5.16 Å². The molecule has 0 atom stereocenters. The first-order valence-corrected chi connectivity index (χ1v) is 4.68. The van der Waals surface area contributed by atoms with Gasteiger partial charge in [-0.05, 0) is 0 Å². The van der Waals surface area contributed by atoms with E-state index in [0.29, 0.717) is 0 Å². The van der Waals surface area contributed by atoms with Crippen LogP contribution in [0.25, 0.3) is 0 Å². The van der Waals surface area contributed by atoms with Crippen LogP contribution in [0.3, 0.4) is 0 Å². The van der Waals surface area contributed by atoms with Gasteiger partial charge in [0.2, 0.25) is 11.8 Å². The molecule has 4 amide bonds. The first kappa shape index (κ1) is 15.3. The summed E-state index contributed by atoms with van der Waals surface area (Å²) in [6.45, 7) is -1.12. The molecule has 0 saturated heterocycles. The number of hydrogen-bond acceptors (Lipinski definition) is 6. The molecule has 0 aliphatic rings. The number of carbonyl (C=O) groups excluding carboxylic acids is 4. The third-order valence-corrected chi connectivity index (χ3v) is 1.34. The second-order valence-corrected chi connectivity index (χ2v) is 2.94. The van der Waals surface area contributed by atoms with E-state index in [9.17, 15) is 19.2 Å². The van der Waals surface area contributed by atoms with Gasteiger partial charge in [0.15, 0.2) is 6.61 Å². The molecule has 100 valence electrons. The topological polar surface area (TPSA) is 166 Å². The smallest absolute Gasteiger partial charge is 0.266 e. The monoisotopic (exact) mass is 259 g/mol. The average Bonchev–Trinajstić information content (AvgIpc) is 2.29. The standard InChI is InChI=1S/C8H13N5O5/c9-5(14)1-11-7(16)3-13-18-4-8(17)12-2-6(10)15/h3H,1-2,4H2,(H2,9,14)(H2,10,15)(H,11,16)(H,12,17)/b13-3+. The third kappa shape index (κ3) is 9.89. The molecule has 0 heterocycles. The summed E-state index contributed by atoms with van der Waals surface area (Å²) in [6, 6.07) is 0. The molecule has 0 aliphatic heterocycles. The highest BCUT2D eigenvalue weighted by Gasteiger charge is 2.03. The van der Waals surface area contributed by atoms with Crippen LogP contribution in [-0.2, 0) is 24.0 Å². The van der Waals surface area contributed by atoms with E-state index in [1.807, 2.05) is 0 Å². The minimum atomic E-state index is -0.705. The lowest BCUT2D eigenvalue weighted by atomic mass is 10.5. The molecule has 0 saturated carbocycles. The maximum absolute atomic E-state index is 10.9. The minimum Gasteiger partial charge on any atom is -0.386 e. The van der Waals surface area contributed by atoms with Crippen LogP contribution in [-0.4, -0.2) is 49.5 Å². The molecule has 0 aromatic heterocycles. The number of hydrogen-bond donors (Lipinski definition) is 4. The van der Waals surface area contributed by atoms with Crippen molar-refractivity contribution in [2.24, 2.45) is 16.6 Å². The molecule has 0 aromatic rings. The van der Waals surface area contributed by atoms with Gasteiger partial charge in [-0.15, -0.1) is 0 Å².